The van der Waals surface area contributed by atoms with Gasteiger partial charge >= 0.3 is 0 Å². The van der Waals surface area contributed by atoms with E-state index in [-0.39, 0.29) is 6.54 Å². The predicted molar refractivity (Wildman–Crippen MR) is 64.8 cm³/mol. The van der Waals surface area contributed by atoms with E-state index < -0.39 is 0 Å². The second-order valence-corrected chi connectivity index (χ2v) is 4.10. The van der Waals surface area contributed by atoms with Crippen molar-refractivity contribution in [3.8, 4) is 11.3 Å². The Bertz CT molecular complexity index is 569. The molecule has 0 bridgehead atoms. The molecule has 0 N–H and O–H groups in total. The number of benzene rings is 1. The Hall–Kier alpha value is -1.68. The standard InChI is InChI=1S/C10H6Cl2N4O/c11-7-1-6(2-8(12)3-7)10-4-9(15-17-10)5-14-16-13/h1-4H,5H2. The van der Waals surface area contributed by atoms with Gasteiger partial charge in [-0.15, -0.1) is 0 Å². The molecule has 1 aromatic heterocycles. The van der Waals surface area contributed by atoms with E-state index in [0.717, 1.165) is 5.56 Å². The van der Waals surface area contributed by atoms with Crippen LogP contribution in [0.1, 0.15) is 5.69 Å². The van der Waals surface area contributed by atoms with Crippen molar-refractivity contribution in [2.75, 3.05) is 0 Å². The van der Waals surface area contributed by atoms with Crippen molar-refractivity contribution in [3.05, 3.63) is 50.4 Å². The van der Waals surface area contributed by atoms with Gasteiger partial charge in [-0.05, 0) is 23.7 Å². The van der Waals surface area contributed by atoms with Crippen molar-refractivity contribution in [1.29, 1.82) is 0 Å². The second-order valence-electron chi connectivity index (χ2n) is 3.23. The van der Waals surface area contributed by atoms with E-state index >= 15 is 0 Å². The Morgan fingerprint density at radius 1 is 1.24 bits per heavy atom. The number of nitrogens with zero attached hydrogens (tertiary/aromatic N) is 4. The number of rotatable bonds is 3. The molecular formula is C10H6Cl2N4O. The highest BCUT2D eigenvalue weighted by molar-refractivity contribution is 6.35. The maximum Gasteiger partial charge on any atom is 0.167 e. The Balaban J connectivity index is 2.33. The molecule has 86 valence electrons. The SMILES string of the molecule is [N-]=[N+]=NCc1cc(-c2cc(Cl)cc(Cl)c2)on1. The van der Waals surface area contributed by atoms with E-state index in [4.69, 9.17) is 33.3 Å². The number of halogens is 2. The summed E-state index contributed by atoms with van der Waals surface area (Å²) in [5, 5.41) is 8.18. The zero-order valence-corrected chi connectivity index (χ0v) is 9.98. The van der Waals surface area contributed by atoms with Crippen LogP contribution in [-0.2, 0) is 6.54 Å². The maximum absolute atomic E-state index is 8.19. The van der Waals surface area contributed by atoms with Crippen molar-refractivity contribution in [2.24, 2.45) is 5.11 Å². The summed E-state index contributed by atoms with van der Waals surface area (Å²) in [6, 6.07) is 6.73. The normalized spacial score (nSPS) is 10.0. The van der Waals surface area contributed by atoms with Crippen LogP contribution in [0.3, 0.4) is 0 Å². The van der Waals surface area contributed by atoms with E-state index in [1.54, 1.807) is 24.3 Å². The summed E-state index contributed by atoms with van der Waals surface area (Å²) in [6.07, 6.45) is 0. The summed E-state index contributed by atoms with van der Waals surface area (Å²) >= 11 is 11.8. The third kappa shape index (κ3) is 2.91. The monoisotopic (exact) mass is 268 g/mol. The zero-order chi connectivity index (χ0) is 12.3. The summed E-state index contributed by atoms with van der Waals surface area (Å²) in [6.45, 7) is 0.147. The molecule has 0 saturated carbocycles. The topological polar surface area (TPSA) is 74.8 Å². The van der Waals surface area contributed by atoms with Crippen LogP contribution in [0.4, 0.5) is 0 Å². The van der Waals surface area contributed by atoms with E-state index in [9.17, 15) is 0 Å². The Labute approximate surface area is 107 Å². The van der Waals surface area contributed by atoms with Gasteiger partial charge in [-0.2, -0.15) is 0 Å². The number of aromatic nitrogens is 1. The molecule has 0 unspecified atom stereocenters. The van der Waals surface area contributed by atoms with Crippen LogP contribution in [0.5, 0.6) is 0 Å². The van der Waals surface area contributed by atoms with Gasteiger partial charge in [0.15, 0.2) is 5.76 Å². The number of azide groups is 1. The van der Waals surface area contributed by atoms with Crippen LogP contribution in [0, 0.1) is 0 Å². The van der Waals surface area contributed by atoms with E-state index in [0.29, 0.717) is 21.5 Å². The third-order valence-corrected chi connectivity index (χ3v) is 2.44. The van der Waals surface area contributed by atoms with Crippen molar-refractivity contribution in [2.45, 2.75) is 6.54 Å². The lowest BCUT2D eigenvalue weighted by atomic mass is 10.1. The van der Waals surface area contributed by atoms with Crippen molar-refractivity contribution < 1.29 is 4.52 Å². The summed E-state index contributed by atoms with van der Waals surface area (Å²) < 4.78 is 5.11. The largest absolute Gasteiger partial charge is 0.356 e. The molecule has 2 rings (SSSR count). The van der Waals surface area contributed by atoms with Crippen LogP contribution in [0.2, 0.25) is 10.0 Å². The van der Waals surface area contributed by atoms with Crippen molar-refractivity contribution in [3.63, 3.8) is 0 Å². The van der Waals surface area contributed by atoms with Crippen LogP contribution in [-0.4, -0.2) is 5.16 Å². The molecule has 7 heteroatoms. The Morgan fingerprint density at radius 3 is 2.59 bits per heavy atom. The van der Waals surface area contributed by atoms with Gasteiger partial charge in [-0.1, -0.05) is 33.5 Å². The molecule has 0 spiro atoms. The minimum absolute atomic E-state index is 0.147. The van der Waals surface area contributed by atoms with Crippen LogP contribution >= 0.6 is 23.2 Å². The molecule has 1 heterocycles. The highest BCUT2D eigenvalue weighted by Crippen LogP contribution is 2.27. The van der Waals surface area contributed by atoms with Gasteiger partial charge in [0.2, 0.25) is 0 Å². The minimum atomic E-state index is 0.147. The first kappa shape index (κ1) is 11.8. The highest BCUT2D eigenvalue weighted by Gasteiger charge is 2.07. The molecule has 0 radical (unpaired) electrons. The zero-order valence-electron chi connectivity index (χ0n) is 8.47. The summed E-state index contributed by atoms with van der Waals surface area (Å²) in [5.74, 6) is 0.525. The molecule has 0 fully saturated rings. The molecule has 17 heavy (non-hydrogen) atoms. The molecule has 1 aromatic carbocycles. The van der Waals surface area contributed by atoms with E-state index in [1.807, 2.05) is 0 Å². The summed E-state index contributed by atoms with van der Waals surface area (Å²) in [7, 11) is 0. The van der Waals surface area contributed by atoms with E-state index in [2.05, 4.69) is 15.2 Å². The van der Waals surface area contributed by atoms with Gasteiger partial charge in [0, 0.05) is 26.6 Å². The minimum Gasteiger partial charge on any atom is -0.356 e. The number of hydrogen-bond acceptors (Lipinski definition) is 3. The van der Waals surface area contributed by atoms with E-state index in [1.165, 1.54) is 0 Å². The quantitative estimate of drug-likeness (QED) is 0.468. The molecule has 0 aliphatic carbocycles. The fourth-order valence-electron chi connectivity index (χ4n) is 1.32. The van der Waals surface area contributed by atoms with Crippen LogP contribution in [0.25, 0.3) is 21.8 Å². The Kier molecular flexibility index (Phi) is 3.54. The molecule has 0 aliphatic rings. The molecule has 5 nitrogen and oxygen atoms in total. The highest BCUT2D eigenvalue weighted by atomic mass is 35.5. The fourth-order valence-corrected chi connectivity index (χ4v) is 1.85. The van der Waals surface area contributed by atoms with Gasteiger partial charge in [-0.3, -0.25) is 0 Å². The summed E-state index contributed by atoms with van der Waals surface area (Å²) in [4.78, 5) is 2.64. The summed E-state index contributed by atoms with van der Waals surface area (Å²) in [5.41, 5.74) is 9.46. The first-order valence-corrected chi connectivity index (χ1v) is 5.37. The first-order valence-electron chi connectivity index (χ1n) is 4.62. The molecular weight excluding hydrogens is 263 g/mol. The van der Waals surface area contributed by atoms with Gasteiger partial charge in [-0.25, -0.2) is 0 Å². The average Bonchev–Trinajstić information content (AvgIpc) is 2.73. The smallest absolute Gasteiger partial charge is 0.167 e. The van der Waals surface area contributed by atoms with Gasteiger partial charge in [0.25, 0.3) is 0 Å². The van der Waals surface area contributed by atoms with Gasteiger partial charge in [0.05, 0.1) is 12.2 Å². The van der Waals surface area contributed by atoms with Gasteiger partial charge < -0.3 is 4.52 Å². The van der Waals surface area contributed by atoms with Crippen molar-refractivity contribution in [1.82, 2.24) is 5.16 Å². The molecule has 0 atom stereocenters. The lowest BCUT2D eigenvalue weighted by Crippen LogP contribution is -1.77. The van der Waals surface area contributed by atoms with Gasteiger partial charge in [0.1, 0.15) is 0 Å². The molecule has 0 aliphatic heterocycles. The van der Waals surface area contributed by atoms with Crippen LogP contribution < -0.4 is 0 Å². The lowest BCUT2D eigenvalue weighted by Gasteiger charge is -1.97. The van der Waals surface area contributed by atoms with Crippen molar-refractivity contribution >= 4 is 23.2 Å². The second kappa shape index (κ2) is 5.10. The molecule has 0 amide bonds. The fraction of sp³-hybridized carbons (Fsp3) is 0.100. The maximum atomic E-state index is 8.19. The predicted octanol–water partition coefficient (Wildman–Crippen LogP) is 4.46. The Morgan fingerprint density at radius 2 is 1.94 bits per heavy atom. The third-order valence-electron chi connectivity index (χ3n) is 2.00. The first-order chi connectivity index (χ1) is 8.19. The van der Waals surface area contributed by atoms with Crippen LogP contribution in [0.15, 0.2) is 33.9 Å². The average molecular weight is 269 g/mol. The number of hydrogen-bond donors (Lipinski definition) is 0. The molecule has 0 saturated heterocycles. The lowest BCUT2D eigenvalue weighted by molar-refractivity contribution is 0.424. The molecule has 2 aromatic rings.